The van der Waals surface area contributed by atoms with Crippen LogP contribution in [0.1, 0.15) is 32.4 Å². The van der Waals surface area contributed by atoms with Gasteiger partial charge in [0.2, 0.25) is 5.91 Å². The maximum atomic E-state index is 11.8. The second-order valence-electron chi connectivity index (χ2n) is 4.87. The number of rotatable bonds is 3. The van der Waals surface area contributed by atoms with E-state index < -0.39 is 5.41 Å². The summed E-state index contributed by atoms with van der Waals surface area (Å²) in [5, 5.41) is 12.1. The van der Waals surface area contributed by atoms with Crippen LogP contribution in [-0.2, 0) is 4.79 Å². The van der Waals surface area contributed by atoms with Crippen LogP contribution in [-0.4, -0.2) is 17.6 Å². The molecule has 0 aliphatic rings. The zero-order valence-electron chi connectivity index (χ0n) is 10.0. The summed E-state index contributed by atoms with van der Waals surface area (Å²) in [5.41, 5.74) is 0.477. The Balaban J connectivity index is 2.75. The predicted octanol–water partition coefficient (Wildman–Crippen LogP) is 1.88. The molecule has 0 saturated heterocycles. The smallest absolute Gasteiger partial charge is 0.225 e. The lowest BCUT2D eigenvalue weighted by Gasteiger charge is -2.23. The van der Waals surface area contributed by atoms with Gasteiger partial charge in [0.05, 0.1) is 12.6 Å². The number of aliphatic hydroxyl groups excluding tert-OH is 1. The van der Waals surface area contributed by atoms with Crippen LogP contribution in [0.3, 0.4) is 0 Å². The molecule has 1 aromatic rings. The fourth-order valence-corrected chi connectivity index (χ4v) is 1.29. The number of carbonyl (C=O) groups is 1. The van der Waals surface area contributed by atoms with Crippen LogP contribution in [0.15, 0.2) is 30.3 Å². The maximum absolute atomic E-state index is 11.8. The molecule has 0 heterocycles. The van der Waals surface area contributed by atoms with E-state index in [9.17, 15) is 9.90 Å². The molecule has 3 heteroatoms. The number of carbonyl (C=O) groups excluding carboxylic acids is 1. The summed E-state index contributed by atoms with van der Waals surface area (Å²) >= 11 is 0. The van der Waals surface area contributed by atoms with Crippen molar-refractivity contribution >= 4 is 5.91 Å². The van der Waals surface area contributed by atoms with Crippen molar-refractivity contribution < 1.29 is 9.90 Å². The van der Waals surface area contributed by atoms with Crippen molar-refractivity contribution in [3.8, 4) is 0 Å². The molecule has 0 spiro atoms. The van der Waals surface area contributed by atoms with E-state index in [1.54, 1.807) is 0 Å². The second-order valence-corrected chi connectivity index (χ2v) is 4.87. The third-order valence-corrected chi connectivity index (χ3v) is 2.37. The lowest BCUT2D eigenvalue weighted by atomic mass is 9.94. The van der Waals surface area contributed by atoms with Gasteiger partial charge in [-0.15, -0.1) is 0 Å². The third kappa shape index (κ3) is 3.35. The molecule has 1 aromatic carbocycles. The first kappa shape index (κ1) is 12.7. The van der Waals surface area contributed by atoms with Crippen LogP contribution in [0, 0.1) is 5.41 Å². The van der Waals surface area contributed by atoms with E-state index in [1.165, 1.54) is 0 Å². The van der Waals surface area contributed by atoms with E-state index in [2.05, 4.69) is 5.32 Å². The zero-order valence-corrected chi connectivity index (χ0v) is 10.0. The van der Waals surface area contributed by atoms with Crippen LogP contribution in [0.2, 0.25) is 0 Å². The monoisotopic (exact) mass is 221 g/mol. The molecule has 0 aliphatic carbocycles. The van der Waals surface area contributed by atoms with Crippen LogP contribution < -0.4 is 5.32 Å². The van der Waals surface area contributed by atoms with Crippen molar-refractivity contribution in [1.29, 1.82) is 0 Å². The van der Waals surface area contributed by atoms with Crippen LogP contribution in [0.5, 0.6) is 0 Å². The second kappa shape index (κ2) is 5.12. The van der Waals surface area contributed by atoms with Crippen molar-refractivity contribution in [2.75, 3.05) is 6.61 Å². The Labute approximate surface area is 96.5 Å². The van der Waals surface area contributed by atoms with Gasteiger partial charge in [0.15, 0.2) is 0 Å². The normalized spacial score (nSPS) is 13.2. The number of hydrogen-bond donors (Lipinski definition) is 2. The number of hydrogen-bond acceptors (Lipinski definition) is 2. The summed E-state index contributed by atoms with van der Waals surface area (Å²) in [5.74, 6) is -0.0598. The largest absolute Gasteiger partial charge is 0.394 e. The maximum Gasteiger partial charge on any atom is 0.225 e. The summed E-state index contributed by atoms with van der Waals surface area (Å²) in [4.78, 5) is 11.8. The zero-order chi connectivity index (χ0) is 12.2. The highest BCUT2D eigenvalue weighted by Crippen LogP contribution is 2.17. The minimum atomic E-state index is -0.442. The highest BCUT2D eigenvalue weighted by atomic mass is 16.3. The van der Waals surface area contributed by atoms with Gasteiger partial charge in [-0.2, -0.15) is 0 Å². The third-order valence-electron chi connectivity index (χ3n) is 2.37. The highest BCUT2D eigenvalue weighted by Gasteiger charge is 2.24. The molecule has 0 bridgehead atoms. The summed E-state index contributed by atoms with van der Waals surface area (Å²) in [7, 11) is 0. The minimum Gasteiger partial charge on any atom is -0.394 e. The summed E-state index contributed by atoms with van der Waals surface area (Å²) < 4.78 is 0. The molecule has 16 heavy (non-hydrogen) atoms. The molecule has 1 unspecified atom stereocenters. The molecule has 0 fully saturated rings. The SMILES string of the molecule is CC(C)(C)C(=O)NC(CO)c1ccccc1. The van der Waals surface area contributed by atoms with Crippen molar-refractivity contribution in [3.05, 3.63) is 35.9 Å². The van der Waals surface area contributed by atoms with Gasteiger partial charge in [-0.3, -0.25) is 4.79 Å². The molecule has 1 atom stereocenters. The minimum absolute atomic E-state index is 0.0598. The van der Waals surface area contributed by atoms with Gasteiger partial charge in [0, 0.05) is 5.41 Å². The van der Waals surface area contributed by atoms with Gasteiger partial charge < -0.3 is 10.4 Å². The van der Waals surface area contributed by atoms with E-state index >= 15 is 0 Å². The quantitative estimate of drug-likeness (QED) is 0.818. The van der Waals surface area contributed by atoms with E-state index in [4.69, 9.17) is 0 Å². The molecule has 0 saturated carbocycles. The molecule has 0 aliphatic heterocycles. The van der Waals surface area contributed by atoms with Gasteiger partial charge in [-0.1, -0.05) is 51.1 Å². The van der Waals surface area contributed by atoms with Gasteiger partial charge in [0.25, 0.3) is 0 Å². The first-order chi connectivity index (χ1) is 7.45. The van der Waals surface area contributed by atoms with E-state index in [1.807, 2.05) is 51.1 Å². The van der Waals surface area contributed by atoms with Crippen LogP contribution >= 0.6 is 0 Å². The summed E-state index contributed by atoms with van der Waals surface area (Å²) in [6.07, 6.45) is 0. The highest BCUT2D eigenvalue weighted by molar-refractivity contribution is 5.81. The topological polar surface area (TPSA) is 49.3 Å². The standard InChI is InChI=1S/C13H19NO2/c1-13(2,3)12(16)14-11(9-15)10-7-5-4-6-8-10/h4-8,11,15H,9H2,1-3H3,(H,14,16). The van der Waals surface area contributed by atoms with Gasteiger partial charge in [-0.25, -0.2) is 0 Å². The Morgan fingerprint density at radius 2 is 1.88 bits per heavy atom. The lowest BCUT2D eigenvalue weighted by molar-refractivity contribution is -0.129. The van der Waals surface area contributed by atoms with Gasteiger partial charge >= 0.3 is 0 Å². The lowest BCUT2D eigenvalue weighted by Crippen LogP contribution is -2.38. The molecule has 1 amide bonds. The fraction of sp³-hybridized carbons (Fsp3) is 0.462. The molecule has 2 N–H and O–H groups in total. The van der Waals surface area contributed by atoms with E-state index in [-0.39, 0.29) is 18.6 Å². The average molecular weight is 221 g/mol. The molecule has 0 aromatic heterocycles. The number of benzene rings is 1. The summed E-state index contributed by atoms with van der Waals surface area (Å²) in [6, 6.07) is 9.15. The average Bonchev–Trinajstić information content (AvgIpc) is 2.25. The Kier molecular flexibility index (Phi) is 4.07. The Morgan fingerprint density at radius 3 is 2.31 bits per heavy atom. The molecule has 3 nitrogen and oxygen atoms in total. The van der Waals surface area contributed by atoms with Crippen LogP contribution in [0.4, 0.5) is 0 Å². The first-order valence-corrected chi connectivity index (χ1v) is 5.42. The van der Waals surface area contributed by atoms with Crippen molar-refractivity contribution in [3.63, 3.8) is 0 Å². The van der Waals surface area contributed by atoms with Crippen molar-refractivity contribution in [2.24, 2.45) is 5.41 Å². The number of aliphatic hydroxyl groups is 1. The van der Waals surface area contributed by atoms with E-state index in [0.29, 0.717) is 0 Å². The van der Waals surface area contributed by atoms with Gasteiger partial charge in [-0.05, 0) is 5.56 Å². The molecular weight excluding hydrogens is 202 g/mol. The molecule has 0 radical (unpaired) electrons. The molecule has 88 valence electrons. The van der Waals surface area contributed by atoms with Crippen molar-refractivity contribution in [1.82, 2.24) is 5.32 Å². The Morgan fingerprint density at radius 1 is 1.31 bits per heavy atom. The van der Waals surface area contributed by atoms with Gasteiger partial charge in [0.1, 0.15) is 0 Å². The Bertz CT molecular complexity index is 341. The van der Waals surface area contributed by atoms with Crippen molar-refractivity contribution in [2.45, 2.75) is 26.8 Å². The first-order valence-electron chi connectivity index (χ1n) is 5.42. The summed E-state index contributed by atoms with van der Waals surface area (Å²) in [6.45, 7) is 5.46. The fourth-order valence-electron chi connectivity index (χ4n) is 1.29. The number of amides is 1. The Hall–Kier alpha value is -1.35. The van der Waals surface area contributed by atoms with E-state index in [0.717, 1.165) is 5.56 Å². The number of nitrogens with one attached hydrogen (secondary N) is 1. The van der Waals surface area contributed by atoms with Crippen LogP contribution in [0.25, 0.3) is 0 Å². The molecular formula is C13H19NO2. The molecule has 1 rings (SSSR count). The predicted molar refractivity (Wildman–Crippen MR) is 63.9 cm³/mol.